The fraction of sp³-hybridized carbons (Fsp3) is 0.375. The zero-order valence-corrected chi connectivity index (χ0v) is 12.4. The Bertz CT molecular complexity index is 562. The van der Waals surface area contributed by atoms with Crippen molar-refractivity contribution in [3.8, 4) is 0 Å². The molecule has 0 spiro atoms. The average Bonchev–Trinajstić information content (AvgIpc) is 2.98. The zero-order chi connectivity index (χ0) is 13.9. The van der Waals surface area contributed by atoms with Crippen LogP contribution in [-0.2, 0) is 0 Å². The topological polar surface area (TPSA) is 15.3 Å². The maximum Gasteiger partial charge on any atom is 0.123 e. The lowest BCUT2D eigenvalue weighted by molar-refractivity contribution is 0.200. The van der Waals surface area contributed by atoms with E-state index in [1.807, 2.05) is 6.07 Å². The molecule has 0 unspecified atom stereocenters. The number of benzene rings is 1. The van der Waals surface area contributed by atoms with E-state index in [1.54, 1.807) is 23.5 Å². The van der Waals surface area contributed by atoms with E-state index in [4.69, 9.17) is 0 Å². The van der Waals surface area contributed by atoms with Gasteiger partial charge in [-0.15, -0.1) is 11.3 Å². The predicted molar refractivity (Wildman–Crippen MR) is 81.7 cm³/mol. The van der Waals surface area contributed by atoms with Gasteiger partial charge < -0.3 is 5.32 Å². The largest absolute Gasteiger partial charge is 0.314 e. The van der Waals surface area contributed by atoms with Crippen molar-refractivity contribution in [2.24, 2.45) is 0 Å². The monoisotopic (exact) mass is 290 g/mol. The van der Waals surface area contributed by atoms with Crippen molar-refractivity contribution in [1.29, 1.82) is 0 Å². The van der Waals surface area contributed by atoms with Gasteiger partial charge in [0.1, 0.15) is 5.82 Å². The standard InChI is InChI=1S/C16H19FN2S/c1-12-4-5-13(17)11-14(12)16(15-3-2-10-20-15)19-8-6-18-7-9-19/h2-5,10-11,16,18H,6-9H2,1H3/t16-/m1/s1. The van der Waals surface area contributed by atoms with Gasteiger partial charge >= 0.3 is 0 Å². The highest BCUT2D eigenvalue weighted by molar-refractivity contribution is 7.10. The molecule has 4 heteroatoms. The summed E-state index contributed by atoms with van der Waals surface area (Å²) in [6.07, 6.45) is 0. The molecule has 1 aliphatic rings. The van der Waals surface area contributed by atoms with Gasteiger partial charge in [-0.05, 0) is 41.6 Å². The van der Waals surface area contributed by atoms with Gasteiger partial charge in [0, 0.05) is 31.1 Å². The van der Waals surface area contributed by atoms with Gasteiger partial charge in [0.05, 0.1) is 6.04 Å². The minimum absolute atomic E-state index is 0.151. The van der Waals surface area contributed by atoms with Gasteiger partial charge in [0.2, 0.25) is 0 Å². The lowest BCUT2D eigenvalue weighted by atomic mass is 9.98. The summed E-state index contributed by atoms with van der Waals surface area (Å²) in [4.78, 5) is 3.74. The fourth-order valence-corrected chi connectivity index (χ4v) is 3.70. The minimum atomic E-state index is -0.151. The third-order valence-electron chi connectivity index (χ3n) is 3.87. The highest BCUT2D eigenvalue weighted by atomic mass is 32.1. The Balaban J connectivity index is 2.02. The molecule has 2 nitrogen and oxygen atoms in total. The highest BCUT2D eigenvalue weighted by Gasteiger charge is 2.26. The predicted octanol–water partition coefficient (Wildman–Crippen LogP) is 3.19. The molecule has 1 saturated heterocycles. The van der Waals surface area contributed by atoms with E-state index in [2.05, 4.69) is 34.7 Å². The van der Waals surface area contributed by atoms with E-state index in [9.17, 15) is 4.39 Å². The number of piperazine rings is 1. The maximum atomic E-state index is 13.7. The van der Waals surface area contributed by atoms with Crippen LogP contribution in [0.3, 0.4) is 0 Å². The van der Waals surface area contributed by atoms with Crippen molar-refractivity contribution >= 4 is 11.3 Å². The second kappa shape index (κ2) is 6.04. The van der Waals surface area contributed by atoms with Crippen molar-refractivity contribution in [3.63, 3.8) is 0 Å². The molecule has 2 heterocycles. The third-order valence-corrected chi connectivity index (χ3v) is 4.79. The molecular formula is C16H19FN2S. The van der Waals surface area contributed by atoms with E-state index in [0.717, 1.165) is 37.3 Å². The number of nitrogens with one attached hydrogen (secondary N) is 1. The SMILES string of the molecule is Cc1ccc(F)cc1[C@H](c1cccs1)N1CCNCC1. The van der Waals surface area contributed by atoms with Crippen LogP contribution in [-0.4, -0.2) is 31.1 Å². The number of halogens is 1. The van der Waals surface area contributed by atoms with E-state index in [1.165, 1.54) is 4.88 Å². The summed E-state index contributed by atoms with van der Waals surface area (Å²) >= 11 is 1.75. The number of hydrogen-bond acceptors (Lipinski definition) is 3. The molecule has 0 amide bonds. The second-order valence-corrected chi connectivity index (χ2v) is 6.18. The lowest BCUT2D eigenvalue weighted by Crippen LogP contribution is -2.45. The molecular weight excluding hydrogens is 271 g/mol. The molecule has 1 fully saturated rings. The van der Waals surface area contributed by atoms with E-state index < -0.39 is 0 Å². The summed E-state index contributed by atoms with van der Waals surface area (Å²) in [5.41, 5.74) is 2.25. The van der Waals surface area contributed by atoms with Crippen LogP contribution < -0.4 is 5.32 Å². The van der Waals surface area contributed by atoms with Crippen LogP contribution in [0.15, 0.2) is 35.7 Å². The maximum absolute atomic E-state index is 13.7. The summed E-state index contributed by atoms with van der Waals surface area (Å²) in [5, 5.41) is 5.48. The molecule has 0 aliphatic carbocycles. The van der Waals surface area contributed by atoms with Gasteiger partial charge in [0.25, 0.3) is 0 Å². The van der Waals surface area contributed by atoms with Crippen LogP contribution >= 0.6 is 11.3 Å². The molecule has 1 N–H and O–H groups in total. The summed E-state index contributed by atoms with van der Waals surface area (Å²) < 4.78 is 13.7. The number of aryl methyl sites for hydroxylation is 1. The highest BCUT2D eigenvalue weighted by Crippen LogP contribution is 2.34. The van der Waals surface area contributed by atoms with Crippen LogP contribution in [0.2, 0.25) is 0 Å². The van der Waals surface area contributed by atoms with E-state index in [0.29, 0.717) is 0 Å². The normalized spacial score (nSPS) is 18.1. The average molecular weight is 290 g/mol. The van der Waals surface area contributed by atoms with Gasteiger partial charge in [-0.3, -0.25) is 4.90 Å². The van der Waals surface area contributed by atoms with Crippen molar-refractivity contribution in [3.05, 3.63) is 57.5 Å². The molecule has 1 aromatic heterocycles. The summed E-state index contributed by atoms with van der Waals surface area (Å²) in [5.74, 6) is -0.151. The smallest absolute Gasteiger partial charge is 0.123 e. The number of rotatable bonds is 3. The molecule has 0 bridgehead atoms. The van der Waals surface area contributed by atoms with Crippen LogP contribution in [0, 0.1) is 12.7 Å². The first-order chi connectivity index (χ1) is 9.75. The van der Waals surface area contributed by atoms with Crippen molar-refractivity contribution in [2.75, 3.05) is 26.2 Å². The first-order valence-electron chi connectivity index (χ1n) is 7.00. The second-order valence-electron chi connectivity index (χ2n) is 5.20. The Labute approximate surface area is 123 Å². The van der Waals surface area contributed by atoms with Crippen LogP contribution in [0.5, 0.6) is 0 Å². The van der Waals surface area contributed by atoms with Gasteiger partial charge in [-0.2, -0.15) is 0 Å². The number of nitrogens with zero attached hydrogens (tertiary/aromatic N) is 1. The molecule has 0 radical (unpaired) electrons. The van der Waals surface area contributed by atoms with Gasteiger partial charge in [-0.1, -0.05) is 12.1 Å². The summed E-state index contributed by atoms with van der Waals surface area (Å²) in [7, 11) is 0. The van der Waals surface area contributed by atoms with Crippen LogP contribution in [0.1, 0.15) is 22.0 Å². The Morgan fingerprint density at radius 1 is 1.25 bits per heavy atom. The van der Waals surface area contributed by atoms with Crippen molar-refractivity contribution < 1.29 is 4.39 Å². The van der Waals surface area contributed by atoms with E-state index in [-0.39, 0.29) is 11.9 Å². The van der Waals surface area contributed by atoms with Crippen LogP contribution in [0.25, 0.3) is 0 Å². The quantitative estimate of drug-likeness (QED) is 0.934. The Kier molecular flexibility index (Phi) is 4.15. The summed E-state index contributed by atoms with van der Waals surface area (Å²) in [6, 6.07) is 9.52. The van der Waals surface area contributed by atoms with Gasteiger partial charge in [-0.25, -0.2) is 4.39 Å². The molecule has 2 aromatic rings. The van der Waals surface area contributed by atoms with Crippen molar-refractivity contribution in [1.82, 2.24) is 10.2 Å². The molecule has 3 rings (SSSR count). The Morgan fingerprint density at radius 2 is 2.05 bits per heavy atom. The summed E-state index contributed by atoms with van der Waals surface area (Å²) in [6.45, 7) is 6.06. The first kappa shape index (κ1) is 13.7. The fourth-order valence-electron chi connectivity index (χ4n) is 2.82. The molecule has 0 saturated carbocycles. The van der Waals surface area contributed by atoms with Crippen molar-refractivity contribution in [2.45, 2.75) is 13.0 Å². The zero-order valence-electron chi connectivity index (χ0n) is 11.6. The molecule has 1 atom stereocenters. The molecule has 106 valence electrons. The number of thiophene rings is 1. The molecule has 1 aliphatic heterocycles. The third kappa shape index (κ3) is 2.77. The Morgan fingerprint density at radius 3 is 2.75 bits per heavy atom. The first-order valence-corrected chi connectivity index (χ1v) is 7.88. The lowest BCUT2D eigenvalue weighted by Gasteiger charge is -2.35. The van der Waals surface area contributed by atoms with Crippen LogP contribution in [0.4, 0.5) is 4.39 Å². The molecule has 20 heavy (non-hydrogen) atoms. The minimum Gasteiger partial charge on any atom is -0.314 e. The molecule has 1 aromatic carbocycles. The number of hydrogen-bond donors (Lipinski definition) is 1. The Hall–Kier alpha value is -1.23. The van der Waals surface area contributed by atoms with Gasteiger partial charge in [0.15, 0.2) is 0 Å². The van der Waals surface area contributed by atoms with E-state index >= 15 is 0 Å².